The lowest BCUT2D eigenvalue weighted by molar-refractivity contribution is -0.137. The molecule has 0 radical (unpaired) electrons. The molecule has 19 heavy (non-hydrogen) atoms. The van der Waals surface area contributed by atoms with Crippen LogP contribution in [-0.2, 0) is 6.18 Å². The third-order valence-corrected chi connectivity index (χ3v) is 2.81. The second kappa shape index (κ2) is 8.08. The van der Waals surface area contributed by atoms with Crippen molar-refractivity contribution in [2.45, 2.75) is 53.3 Å². The highest BCUT2D eigenvalue weighted by molar-refractivity contribution is 5.46. The van der Waals surface area contributed by atoms with Crippen LogP contribution in [0.15, 0.2) is 24.3 Å². The normalized spacial score (nSPS) is 12.7. The smallest absolute Gasteiger partial charge is 0.382 e. The number of anilines is 1. The van der Waals surface area contributed by atoms with Crippen molar-refractivity contribution in [1.82, 2.24) is 0 Å². The van der Waals surface area contributed by atoms with Gasteiger partial charge in [-0.15, -0.1) is 0 Å². The van der Waals surface area contributed by atoms with Gasteiger partial charge in [0.05, 0.1) is 5.56 Å². The van der Waals surface area contributed by atoms with Crippen LogP contribution >= 0.6 is 0 Å². The van der Waals surface area contributed by atoms with Crippen molar-refractivity contribution in [3.05, 3.63) is 29.8 Å². The monoisotopic (exact) mass is 275 g/mol. The molecule has 0 saturated carbocycles. The van der Waals surface area contributed by atoms with Crippen LogP contribution in [0.25, 0.3) is 0 Å². The van der Waals surface area contributed by atoms with Crippen LogP contribution < -0.4 is 5.32 Å². The number of rotatable bonds is 4. The first kappa shape index (κ1) is 17.8. The highest BCUT2D eigenvalue weighted by Gasteiger charge is 2.29. The van der Waals surface area contributed by atoms with E-state index in [1.54, 1.807) is 0 Å². The lowest BCUT2D eigenvalue weighted by Gasteiger charge is -2.22. The van der Waals surface area contributed by atoms with E-state index in [-0.39, 0.29) is 6.04 Å². The number of nitrogens with one attached hydrogen (secondary N) is 1. The molecule has 1 N–H and O–H groups in total. The number of alkyl halides is 3. The first-order valence-electron chi connectivity index (χ1n) is 6.78. The minimum Gasteiger partial charge on any atom is -0.382 e. The molecule has 0 aliphatic carbocycles. The molecule has 110 valence electrons. The summed E-state index contributed by atoms with van der Waals surface area (Å²) in [6.45, 7) is 10.2. The van der Waals surface area contributed by atoms with Gasteiger partial charge < -0.3 is 5.32 Å². The Hall–Kier alpha value is -1.19. The Kier molecular flexibility index (Phi) is 7.57. The summed E-state index contributed by atoms with van der Waals surface area (Å²) in [4.78, 5) is 0. The third kappa shape index (κ3) is 5.99. The largest absolute Gasteiger partial charge is 0.416 e. The minimum absolute atomic E-state index is 0.284. The van der Waals surface area contributed by atoms with Crippen LogP contribution in [-0.4, -0.2) is 6.04 Å². The highest BCUT2D eigenvalue weighted by Crippen LogP contribution is 2.30. The lowest BCUT2D eigenvalue weighted by Crippen LogP contribution is -2.24. The van der Waals surface area contributed by atoms with E-state index in [4.69, 9.17) is 0 Å². The highest BCUT2D eigenvalue weighted by atomic mass is 19.4. The molecule has 0 aromatic heterocycles. The number of benzene rings is 1. The number of hydrogen-bond donors (Lipinski definition) is 1. The van der Waals surface area contributed by atoms with Crippen LogP contribution in [0.1, 0.15) is 46.6 Å². The Morgan fingerprint density at radius 1 is 1.05 bits per heavy atom. The molecule has 0 amide bonds. The first-order valence-corrected chi connectivity index (χ1v) is 6.78. The second-order valence-corrected chi connectivity index (χ2v) is 4.48. The molecule has 1 atom stereocenters. The summed E-state index contributed by atoms with van der Waals surface area (Å²) in [5.74, 6) is 0.447. The molecule has 4 heteroatoms. The summed E-state index contributed by atoms with van der Waals surface area (Å²) >= 11 is 0. The molecule has 0 saturated heterocycles. The van der Waals surface area contributed by atoms with Gasteiger partial charge in [-0.3, -0.25) is 0 Å². The minimum atomic E-state index is -4.26. The Balaban J connectivity index is 0.00000154. The van der Waals surface area contributed by atoms with Crippen molar-refractivity contribution >= 4 is 5.69 Å². The number of halogens is 3. The van der Waals surface area contributed by atoms with Gasteiger partial charge in [0.15, 0.2) is 0 Å². The topological polar surface area (TPSA) is 12.0 Å². The van der Waals surface area contributed by atoms with E-state index in [1.165, 1.54) is 12.1 Å². The molecule has 1 unspecified atom stereocenters. The summed E-state index contributed by atoms with van der Waals surface area (Å²) in [6.07, 6.45) is -3.32. The molecule has 1 nitrogen and oxygen atoms in total. The van der Waals surface area contributed by atoms with E-state index in [0.717, 1.165) is 24.2 Å². The maximum absolute atomic E-state index is 12.4. The summed E-state index contributed by atoms with van der Waals surface area (Å²) in [6, 6.07) is 5.46. The summed E-state index contributed by atoms with van der Waals surface area (Å²) in [5.41, 5.74) is 0.124. The van der Waals surface area contributed by atoms with E-state index in [2.05, 4.69) is 26.1 Å². The maximum atomic E-state index is 12.4. The van der Waals surface area contributed by atoms with E-state index >= 15 is 0 Å². The third-order valence-electron chi connectivity index (χ3n) is 2.81. The van der Waals surface area contributed by atoms with E-state index in [0.29, 0.717) is 5.92 Å². The van der Waals surface area contributed by atoms with Crippen molar-refractivity contribution in [1.29, 1.82) is 0 Å². The van der Waals surface area contributed by atoms with Gasteiger partial charge in [-0.2, -0.15) is 13.2 Å². The van der Waals surface area contributed by atoms with Crippen molar-refractivity contribution < 1.29 is 13.2 Å². The lowest BCUT2D eigenvalue weighted by atomic mass is 10.0. The van der Waals surface area contributed by atoms with Gasteiger partial charge in [0, 0.05) is 11.7 Å². The predicted octanol–water partition coefficient (Wildman–Crippen LogP) is 5.58. The zero-order valence-corrected chi connectivity index (χ0v) is 12.3. The fourth-order valence-electron chi connectivity index (χ4n) is 1.71. The van der Waals surface area contributed by atoms with Crippen molar-refractivity contribution in [2.75, 3.05) is 5.32 Å². The Morgan fingerprint density at radius 2 is 1.53 bits per heavy atom. The van der Waals surface area contributed by atoms with Crippen LogP contribution in [0.4, 0.5) is 18.9 Å². The van der Waals surface area contributed by atoms with E-state index in [9.17, 15) is 13.2 Å². The first-order chi connectivity index (χ1) is 8.84. The van der Waals surface area contributed by atoms with Gasteiger partial charge in [0.25, 0.3) is 0 Å². The quantitative estimate of drug-likeness (QED) is 0.756. The fourth-order valence-corrected chi connectivity index (χ4v) is 1.71. The maximum Gasteiger partial charge on any atom is 0.416 e. The molecule has 0 fully saturated rings. The molecule has 0 aliphatic rings. The van der Waals surface area contributed by atoms with Crippen LogP contribution in [0.2, 0.25) is 0 Å². The van der Waals surface area contributed by atoms with E-state index < -0.39 is 11.7 Å². The molecule has 1 aromatic carbocycles. The molecule has 1 rings (SSSR count). The van der Waals surface area contributed by atoms with Gasteiger partial charge in [-0.25, -0.2) is 0 Å². The zero-order valence-electron chi connectivity index (χ0n) is 12.3. The molecule has 0 heterocycles. The van der Waals surface area contributed by atoms with Crippen molar-refractivity contribution in [2.24, 2.45) is 5.92 Å². The van der Waals surface area contributed by atoms with Crippen molar-refractivity contribution in [3.8, 4) is 0 Å². The summed E-state index contributed by atoms with van der Waals surface area (Å²) in [5, 5.41) is 3.24. The fraction of sp³-hybridized carbons (Fsp3) is 0.600. The van der Waals surface area contributed by atoms with Crippen molar-refractivity contribution in [3.63, 3.8) is 0 Å². The summed E-state index contributed by atoms with van der Waals surface area (Å²) in [7, 11) is 0. The summed E-state index contributed by atoms with van der Waals surface area (Å²) < 4.78 is 37.1. The zero-order chi connectivity index (χ0) is 15.1. The SMILES string of the molecule is CC.CCC(Nc1ccc(C(F)(F)F)cc1)C(C)C. The average molecular weight is 275 g/mol. The molecular formula is C15H24F3N. The van der Waals surface area contributed by atoms with Gasteiger partial charge in [0.1, 0.15) is 0 Å². The van der Waals surface area contributed by atoms with Gasteiger partial charge in [0.2, 0.25) is 0 Å². The number of hydrogen-bond acceptors (Lipinski definition) is 1. The molecule has 1 aromatic rings. The van der Waals surface area contributed by atoms with Crippen LogP contribution in [0.3, 0.4) is 0 Å². The van der Waals surface area contributed by atoms with Gasteiger partial charge in [-0.1, -0.05) is 34.6 Å². The van der Waals surface area contributed by atoms with Gasteiger partial charge in [-0.05, 0) is 36.6 Å². The average Bonchev–Trinajstić information content (AvgIpc) is 2.37. The van der Waals surface area contributed by atoms with E-state index in [1.807, 2.05) is 13.8 Å². The Labute approximate surface area is 114 Å². The second-order valence-electron chi connectivity index (χ2n) is 4.48. The molecular weight excluding hydrogens is 251 g/mol. The Bertz CT molecular complexity index is 341. The molecule has 0 spiro atoms. The van der Waals surface area contributed by atoms with Gasteiger partial charge >= 0.3 is 6.18 Å². The standard InChI is InChI=1S/C13H18F3N.C2H6/c1-4-12(9(2)3)17-11-7-5-10(6-8-11)13(14,15)16;1-2/h5-9,12,17H,4H2,1-3H3;1-2H3. The Morgan fingerprint density at radius 3 is 1.84 bits per heavy atom. The molecule has 0 bridgehead atoms. The van der Waals surface area contributed by atoms with Crippen LogP contribution in [0, 0.1) is 5.92 Å². The molecule has 0 aliphatic heterocycles. The predicted molar refractivity (Wildman–Crippen MR) is 75.3 cm³/mol. The van der Waals surface area contributed by atoms with Crippen LogP contribution in [0.5, 0.6) is 0 Å².